The quantitative estimate of drug-likeness (QED) is 0.0148. The van der Waals surface area contributed by atoms with Gasteiger partial charge in [-0.2, -0.15) is 0 Å². The van der Waals surface area contributed by atoms with Crippen molar-refractivity contribution in [2.24, 2.45) is 71.0 Å². The van der Waals surface area contributed by atoms with Gasteiger partial charge in [-0.1, -0.05) is 76.2 Å². The van der Waals surface area contributed by atoms with Crippen molar-refractivity contribution in [2.75, 3.05) is 66.1 Å². The van der Waals surface area contributed by atoms with E-state index < -0.39 is 99.2 Å². The predicted octanol–water partition coefficient (Wildman–Crippen LogP) is 13.5. The van der Waals surface area contributed by atoms with Gasteiger partial charge in [0.2, 0.25) is 0 Å². The molecule has 0 saturated heterocycles. The fraction of sp³-hybridized carbons (Fsp3) is 0.652. The second-order valence-electron chi connectivity index (χ2n) is 33.6. The minimum atomic E-state index is -2.74. The molecule has 9 N–H and O–H groups in total. The van der Waals surface area contributed by atoms with Crippen molar-refractivity contribution in [3.8, 4) is 23.0 Å². The number of benzene rings is 4. The number of aliphatic carboxylic acids is 4. The fourth-order valence-corrected chi connectivity index (χ4v) is 20.4. The van der Waals surface area contributed by atoms with Crippen LogP contribution >= 0.6 is 0 Å². The summed E-state index contributed by atoms with van der Waals surface area (Å²) in [6, 6.07) is 22.9. The van der Waals surface area contributed by atoms with Crippen molar-refractivity contribution < 1.29 is 154 Å². The van der Waals surface area contributed by atoms with Crippen LogP contribution in [0.1, 0.15) is 182 Å². The van der Waals surface area contributed by atoms with Gasteiger partial charge in [-0.3, -0.25) is 0 Å². The van der Waals surface area contributed by atoms with Crippen LogP contribution in [0.3, 0.4) is 0 Å². The van der Waals surface area contributed by atoms with Crippen LogP contribution in [-0.4, -0.2) is 216 Å². The van der Waals surface area contributed by atoms with E-state index in [4.69, 9.17) is 72.9 Å². The van der Waals surface area contributed by atoms with E-state index in [1.54, 1.807) is 19.1 Å². The molecule has 124 heavy (non-hydrogen) atoms. The zero-order valence-electron chi connectivity index (χ0n) is 71.4. The molecular formula is C92H125F3O29. The molecule has 29 nitrogen and oxygen atoms in total. The predicted molar refractivity (Wildman–Crippen MR) is 440 cm³/mol. The van der Waals surface area contributed by atoms with Crippen molar-refractivity contribution >= 4 is 48.5 Å². The molecule has 0 spiro atoms. The molecule has 20 atom stereocenters. The van der Waals surface area contributed by atoms with E-state index in [2.05, 4.69) is 21.6 Å². The molecular weight excluding hydrogens is 1630 g/mol. The van der Waals surface area contributed by atoms with Gasteiger partial charge in [-0.15, -0.1) is 0 Å². The fourth-order valence-electron chi connectivity index (χ4n) is 20.4. The number of aliphatic hydroxyl groups is 5. The topological polar surface area (TPSA) is 429 Å². The zero-order valence-corrected chi connectivity index (χ0v) is 71.4. The zero-order chi connectivity index (χ0) is 89.7. The molecule has 0 radical (unpaired) electrons. The van der Waals surface area contributed by atoms with Crippen LogP contribution in [0.15, 0.2) is 72.8 Å². The summed E-state index contributed by atoms with van der Waals surface area (Å²) in [6.45, 7) is 5.86. The average Bonchev–Trinajstić information content (AvgIpc) is 1.63. The van der Waals surface area contributed by atoms with Gasteiger partial charge in [0.15, 0.2) is 33.0 Å². The maximum Gasteiger partial charge on any atom is 0.508 e. The molecule has 32 heteroatoms. The third kappa shape index (κ3) is 28.3. The molecule has 0 amide bonds. The highest BCUT2D eigenvalue weighted by Crippen LogP contribution is 2.53. The largest absolute Gasteiger partial charge is 0.508 e. The summed E-state index contributed by atoms with van der Waals surface area (Å²) >= 11 is 0. The molecule has 4 fully saturated rings. The van der Waals surface area contributed by atoms with Crippen LogP contribution in [0.2, 0.25) is 0 Å². The second kappa shape index (κ2) is 48.9. The van der Waals surface area contributed by atoms with Gasteiger partial charge in [-0.25, -0.2) is 51.5 Å². The lowest BCUT2D eigenvalue weighted by atomic mass is 9.73. The van der Waals surface area contributed by atoms with Crippen molar-refractivity contribution in [3.63, 3.8) is 0 Å². The van der Waals surface area contributed by atoms with Crippen LogP contribution in [0, 0.1) is 71.0 Å². The summed E-state index contributed by atoms with van der Waals surface area (Å²) in [5, 5.41) is 87.4. The van der Waals surface area contributed by atoms with E-state index >= 15 is 0 Å². The number of hydrogen-bond acceptors (Lipinski definition) is 25. The molecule has 0 aromatic heterocycles. The third-order valence-corrected chi connectivity index (χ3v) is 26.1. The highest BCUT2D eigenvalue weighted by molar-refractivity contribution is 5.70. The first kappa shape index (κ1) is 98.4. The minimum absolute atomic E-state index is 0.0338. The van der Waals surface area contributed by atoms with Crippen molar-refractivity contribution in [3.05, 3.63) is 117 Å². The summed E-state index contributed by atoms with van der Waals surface area (Å²) in [5.74, 6) is 1.32. The summed E-state index contributed by atoms with van der Waals surface area (Å²) in [6.07, 6.45) is 7.89. The molecule has 4 aromatic rings. The Hall–Kier alpha value is -9.37. The van der Waals surface area contributed by atoms with Crippen molar-refractivity contribution in [2.45, 2.75) is 244 Å². The minimum Gasteiger partial charge on any atom is -0.482 e. The summed E-state index contributed by atoms with van der Waals surface area (Å²) in [4.78, 5) is 90.0. The number of fused-ring (bicyclic) bond motifs is 8. The van der Waals surface area contributed by atoms with E-state index in [9.17, 15) is 72.0 Å². The Morgan fingerprint density at radius 2 is 0.629 bits per heavy atom. The molecule has 0 aliphatic heterocycles. The number of rotatable bonds is 39. The highest BCUT2D eigenvalue weighted by atomic mass is 19.3. The number of carbonyl (C=O) groups is 8. The Morgan fingerprint density at radius 1 is 0.371 bits per heavy atom. The molecule has 8 aliphatic rings. The number of carboxylic acid groups (broad SMARTS) is 4. The van der Waals surface area contributed by atoms with Gasteiger partial charge in [0, 0.05) is 0 Å². The summed E-state index contributed by atoms with van der Waals surface area (Å²) < 4.78 is 98.3. The molecule has 8 aliphatic carbocycles. The third-order valence-electron chi connectivity index (χ3n) is 26.1. The van der Waals surface area contributed by atoms with Crippen LogP contribution in [0.5, 0.6) is 23.0 Å². The smallest absolute Gasteiger partial charge is 0.482 e. The lowest BCUT2D eigenvalue weighted by Gasteiger charge is -2.32. The summed E-state index contributed by atoms with van der Waals surface area (Å²) in [7, 11) is 0. The first-order valence-corrected chi connectivity index (χ1v) is 43.9. The Bertz CT molecular complexity index is 3980. The van der Waals surface area contributed by atoms with Gasteiger partial charge in [0.05, 0.1) is 37.6 Å². The number of alkyl halides is 3. The van der Waals surface area contributed by atoms with Crippen LogP contribution in [-0.2, 0) is 108 Å². The molecule has 12 rings (SSSR count). The molecule has 4 saturated carbocycles. The Morgan fingerprint density at radius 3 is 0.863 bits per heavy atom. The molecule has 688 valence electrons. The van der Waals surface area contributed by atoms with Crippen LogP contribution < -0.4 is 18.9 Å². The number of ether oxygens (including phenoxy) is 12. The van der Waals surface area contributed by atoms with Crippen LogP contribution in [0.25, 0.3) is 0 Å². The number of hydrogen-bond donors (Lipinski definition) is 9. The first-order valence-electron chi connectivity index (χ1n) is 43.9. The van der Waals surface area contributed by atoms with Gasteiger partial charge < -0.3 is 103 Å². The van der Waals surface area contributed by atoms with Crippen molar-refractivity contribution in [1.82, 2.24) is 0 Å². The van der Waals surface area contributed by atoms with Gasteiger partial charge >= 0.3 is 48.5 Å². The lowest BCUT2D eigenvalue weighted by molar-refractivity contribution is -0.140. The standard InChI is InChI=1S/C23H30F2O7.C23H31FO7.C23H32O8.C23H32O7/c1-2-15(32-23(29)31-11-21(24)25)6-7-16-17-8-13-4-3-5-20(30-12-22(27)28)18(13)9-14(17)10-19(16)26;2*1-2-16(31-23(28)29-9-8-24)6-7-17-18-10-14-4-3-5-21(30-13-22(26)27)19(14)11-15(18)12-20(17)25;1-3-16(30-23(27)28-4-2)8-9-17-18-10-14-6-5-7-21(29-13-22(25)26)19(14)11-15(18)12-20(17)24/h3-5,14-17,19,21,26H,2,6-12H2,1H3,(H,27,28);3-5,15-18,20,25H,2,6-13H2,1H3,(H,26,27);3-5,15-18,20,24-25H,2,6-13H2,1H3,(H,26,27);5-7,15-18,20,24H,3-4,8-13H2,1-2H3,(H,25,26)/t14-,15-,16+,17-,19+;3*15-,16-,17+,18-,20+/m0000/s1. The van der Waals surface area contributed by atoms with E-state index in [0.29, 0.717) is 136 Å². The normalized spacial score (nSPS) is 25.3. The lowest BCUT2D eigenvalue weighted by Crippen LogP contribution is -2.29. The van der Waals surface area contributed by atoms with E-state index in [-0.39, 0.29) is 106 Å². The summed E-state index contributed by atoms with van der Waals surface area (Å²) in [5.41, 5.74) is 8.76. The van der Waals surface area contributed by atoms with Crippen molar-refractivity contribution in [1.29, 1.82) is 0 Å². The SMILES string of the molecule is CCOC(=O)O[C@@H](CC)CC[C@@H]1[C@H]2Cc3cccc(OCC(=O)O)c3C[C@H]2C[C@H]1O.CC[C@@H](CC[C@@H]1[C@H]2Cc3cccc(OCC(=O)O)c3C[C@H]2C[C@H]1O)OC(=O)OCC(F)F.CC[C@@H](CC[C@@H]1[C@H]2Cc3cccc(OCC(=O)O)c3C[C@H]2C[C@H]1O)OC(=O)OCCF.CC[C@@H](CC[C@@H]1[C@H]2Cc3cccc(OCC(=O)O)c3C[C@H]2C[C@H]1O)OC(=O)OCCO. The second-order valence-corrected chi connectivity index (χ2v) is 33.6. The van der Waals surface area contributed by atoms with Gasteiger partial charge in [0.25, 0.3) is 6.43 Å². The first-order chi connectivity index (χ1) is 59.5. The average molecular weight is 1750 g/mol. The van der Waals surface area contributed by atoms with Crippen LogP contribution in [0.4, 0.5) is 32.3 Å². The Balaban J connectivity index is 0.000000187. The Labute approximate surface area is 721 Å². The maximum atomic E-state index is 12.2. The maximum absolute atomic E-state index is 12.2. The monoisotopic (exact) mass is 1750 g/mol. The number of halogens is 3. The van der Waals surface area contributed by atoms with Gasteiger partial charge in [0.1, 0.15) is 67.3 Å². The molecule has 0 bridgehead atoms. The van der Waals surface area contributed by atoms with E-state index in [0.717, 1.165) is 116 Å². The molecule has 4 aromatic carbocycles. The number of aliphatic hydroxyl groups excluding tert-OH is 5. The highest BCUT2D eigenvalue weighted by Gasteiger charge is 2.50. The molecule has 0 heterocycles. The van der Waals surface area contributed by atoms with E-state index in [1.807, 2.05) is 76.2 Å². The number of carbonyl (C=O) groups excluding carboxylic acids is 4. The van der Waals surface area contributed by atoms with E-state index in [1.165, 1.54) is 5.56 Å². The molecule has 0 unspecified atom stereocenters. The van der Waals surface area contributed by atoms with Gasteiger partial charge in [-0.05, 0) is 301 Å². The number of carboxylic acids is 4. The Kier molecular flexibility index (Phi) is 38.8.